The average Bonchev–Trinajstić information content (AvgIpc) is 2.84. The highest BCUT2D eigenvalue weighted by molar-refractivity contribution is 6.32. The van der Waals surface area contributed by atoms with E-state index in [1.165, 1.54) is 18.2 Å². The van der Waals surface area contributed by atoms with Gasteiger partial charge in [0.2, 0.25) is 0 Å². The molecule has 2 aromatic rings. The van der Waals surface area contributed by atoms with Crippen LogP contribution >= 0.6 is 0 Å². The Hall–Kier alpha value is -3.08. The largest absolute Gasteiger partial charge is 0.504 e. The maximum absolute atomic E-state index is 12.7. The highest BCUT2D eigenvalue weighted by Gasteiger charge is 2.28. The van der Waals surface area contributed by atoms with E-state index in [-0.39, 0.29) is 11.7 Å². The normalized spacial score (nSPS) is 15.8. The lowest BCUT2D eigenvalue weighted by Crippen LogP contribution is -2.21. The molecule has 0 atom stereocenters. The van der Waals surface area contributed by atoms with Crippen molar-refractivity contribution >= 4 is 23.4 Å². The van der Waals surface area contributed by atoms with E-state index in [0.29, 0.717) is 17.0 Å². The van der Waals surface area contributed by atoms with Crippen LogP contribution in [0.1, 0.15) is 18.1 Å². The fraction of sp³-hybridized carbons (Fsp3) is 0.158. The van der Waals surface area contributed by atoms with Gasteiger partial charge in [-0.15, -0.1) is 0 Å². The summed E-state index contributed by atoms with van der Waals surface area (Å²) in [6, 6.07) is 12.6. The van der Waals surface area contributed by atoms with Crippen molar-refractivity contribution in [2.24, 2.45) is 5.10 Å². The number of ether oxygens (including phenoxy) is 1. The van der Waals surface area contributed by atoms with Gasteiger partial charge < -0.3 is 9.84 Å². The Morgan fingerprint density at radius 3 is 2.67 bits per heavy atom. The van der Waals surface area contributed by atoms with Crippen LogP contribution in [-0.2, 0) is 4.79 Å². The number of aromatic hydroxyl groups is 1. The van der Waals surface area contributed by atoms with Gasteiger partial charge in [-0.1, -0.05) is 18.2 Å². The molecule has 0 saturated carbocycles. The molecule has 5 nitrogen and oxygen atoms in total. The Kier molecular flexibility index (Phi) is 4.08. The molecular weight excluding hydrogens is 304 g/mol. The van der Waals surface area contributed by atoms with Crippen LogP contribution in [0.5, 0.6) is 11.5 Å². The van der Waals surface area contributed by atoms with E-state index >= 15 is 0 Å². The molecule has 24 heavy (non-hydrogen) atoms. The van der Waals surface area contributed by atoms with Crippen LogP contribution in [0.25, 0.3) is 6.08 Å². The molecule has 0 spiro atoms. The van der Waals surface area contributed by atoms with E-state index in [1.54, 1.807) is 25.1 Å². The standard InChI is InChI=1S/C19H18N2O3/c1-12-5-4-6-15(9-12)21-19(23)16(13(2)20-21)10-14-7-8-17(22)18(11-14)24-3/h4-11,22H,1-3H3/b16-10+. The highest BCUT2D eigenvalue weighted by Crippen LogP contribution is 2.29. The summed E-state index contributed by atoms with van der Waals surface area (Å²) in [6.45, 7) is 3.78. The molecule has 1 heterocycles. The third kappa shape index (κ3) is 2.88. The summed E-state index contributed by atoms with van der Waals surface area (Å²) in [6.07, 6.45) is 1.75. The highest BCUT2D eigenvalue weighted by atomic mass is 16.5. The molecule has 0 fully saturated rings. The topological polar surface area (TPSA) is 62.1 Å². The van der Waals surface area contributed by atoms with Gasteiger partial charge in [-0.25, -0.2) is 0 Å². The van der Waals surface area contributed by atoms with Crippen molar-refractivity contribution in [3.8, 4) is 11.5 Å². The minimum Gasteiger partial charge on any atom is -0.504 e. The fourth-order valence-corrected chi connectivity index (χ4v) is 2.57. The summed E-state index contributed by atoms with van der Waals surface area (Å²) in [5, 5.41) is 15.5. The summed E-state index contributed by atoms with van der Waals surface area (Å²) in [4.78, 5) is 12.7. The first-order valence-electron chi connectivity index (χ1n) is 7.55. The van der Waals surface area contributed by atoms with Crippen molar-refractivity contribution in [2.75, 3.05) is 12.1 Å². The Balaban J connectivity index is 1.96. The third-order valence-corrected chi connectivity index (χ3v) is 3.82. The number of carbonyl (C=O) groups is 1. The van der Waals surface area contributed by atoms with Gasteiger partial charge in [0.1, 0.15) is 0 Å². The van der Waals surface area contributed by atoms with Gasteiger partial charge in [0, 0.05) is 0 Å². The molecule has 122 valence electrons. The summed E-state index contributed by atoms with van der Waals surface area (Å²) < 4.78 is 5.10. The van der Waals surface area contributed by atoms with Crippen LogP contribution in [0.4, 0.5) is 5.69 Å². The maximum atomic E-state index is 12.7. The van der Waals surface area contributed by atoms with Crippen molar-refractivity contribution in [3.05, 3.63) is 59.2 Å². The molecular formula is C19H18N2O3. The van der Waals surface area contributed by atoms with Crippen molar-refractivity contribution in [3.63, 3.8) is 0 Å². The molecule has 0 aromatic heterocycles. The van der Waals surface area contributed by atoms with Crippen LogP contribution in [0.15, 0.2) is 53.1 Å². The summed E-state index contributed by atoms with van der Waals surface area (Å²) in [7, 11) is 1.48. The predicted molar refractivity (Wildman–Crippen MR) is 94.4 cm³/mol. The summed E-state index contributed by atoms with van der Waals surface area (Å²) in [5.74, 6) is 0.245. The first-order chi connectivity index (χ1) is 11.5. The lowest BCUT2D eigenvalue weighted by molar-refractivity contribution is -0.114. The zero-order chi connectivity index (χ0) is 17.3. The molecule has 1 aliphatic heterocycles. The van der Waals surface area contributed by atoms with Crippen LogP contribution in [0.2, 0.25) is 0 Å². The third-order valence-electron chi connectivity index (χ3n) is 3.82. The predicted octanol–water partition coefficient (Wildman–Crippen LogP) is 3.52. The number of nitrogens with zero attached hydrogens (tertiary/aromatic N) is 2. The number of amides is 1. The number of anilines is 1. The average molecular weight is 322 g/mol. The number of methoxy groups -OCH3 is 1. The Morgan fingerprint density at radius 2 is 1.96 bits per heavy atom. The van der Waals surface area contributed by atoms with Crippen LogP contribution in [0, 0.1) is 6.92 Å². The molecule has 0 saturated heterocycles. The maximum Gasteiger partial charge on any atom is 0.280 e. The molecule has 1 N–H and O–H groups in total. The van der Waals surface area contributed by atoms with Gasteiger partial charge in [0.05, 0.1) is 24.1 Å². The first-order valence-corrected chi connectivity index (χ1v) is 7.55. The molecule has 1 amide bonds. The monoisotopic (exact) mass is 322 g/mol. The van der Waals surface area contributed by atoms with Crippen LogP contribution in [-0.4, -0.2) is 23.8 Å². The van der Waals surface area contributed by atoms with Gasteiger partial charge in [0.25, 0.3) is 5.91 Å². The lowest BCUT2D eigenvalue weighted by Gasteiger charge is -2.12. The van der Waals surface area contributed by atoms with Gasteiger partial charge in [-0.2, -0.15) is 10.1 Å². The zero-order valence-electron chi connectivity index (χ0n) is 13.8. The number of carbonyl (C=O) groups excluding carboxylic acids is 1. The number of hydrogen-bond donors (Lipinski definition) is 1. The van der Waals surface area contributed by atoms with E-state index in [4.69, 9.17) is 4.74 Å². The molecule has 1 aliphatic rings. The second-order valence-corrected chi connectivity index (χ2v) is 5.63. The van der Waals surface area contributed by atoms with Crippen molar-refractivity contribution < 1.29 is 14.6 Å². The van der Waals surface area contributed by atoms with E-state index in [9.17, 15) is 9.90 Å². The number of hydrogen-bond acceptors (Lipinski definition) is 4. The van der Waals surface area contributed by atoms with Crippen LogP contribution in [0.3, 0.4) is 0 Å². The smallest absolute Gasteiger partial charge is 0.280 e. The van der Waals surface area contributed by atoms with Gasteiger partial charge in [-0.05, 0) is 55.3 Å². The lowest BCUT2D eigenvalue weighted by atomic mass is 10.1. The number of rotatable bonds is 3. The fourth-order valence-electron chi connectivity index (χ4n) is 2.57. The number of hydrazone groups is 1. The molecule has 2 aromatic carbocycles. The Morgan fingerprint density at radius 1 is 1.17 bits per heavy atom. The summed E-state index contributed by atoms with van der Waals surface area (Å²) >= 11 is 0. The molecule has 0 radical (unpaired) electrons. The van der Waals surface area contributed by atoms with E-state index in [2.05, 4.69) is 5.10 Å². The second kappa shape index (κ2) is 6.20. The second-order valence-electron chi connectivity index (χ2n) is 5.63. The number of aryl methyl sites for hydroxylation is 1. The minimum atomic E-state index is -0.176. The number of phenols is 1. The SMILES string of the molecule is COc1cc(/C=C2/C(=O)N(c3cccc(C)c3)N=C2C)ccc1O. The molecule has 0 bridgehead atoms. The number of benzene rings is 2. The minimum absolute atomic E-state index is 0.0594. The Labute approximate surface area is 140 Å². The first kappa shape index (κ1) is 15.8. The molecule has 5 heteroatoms. The van der Waals surface area contributed by atoms with Crippen molar-refractivity contribution in [2.45, 2.75) is 13.8 Å². The van der Waals surface area contributed by atoms with Gasteiger partial charge in [0.15, 0.2) is 11.5 Å². The van der Waals surface area contributed by atoms with E-state index in [0.717, 1.165) is 16.8 Å². The molecule has 0 unspecified atom stereocenters. The summed E-state index contributed by atoms with van der Waals surface area (Å²) in [5.41, 5.74) is 3.73. The van der Waals surface area contributed by atoms with Crippen molar-refractivity contribution in [1.29, 1.82) is 0 Å². The van der Waals surface area contributed by atoms with Crippen LogP contribution < -0.4 is 9.75 Å². The van der Waals surface area contributed by atoms with E-state index < -0.39 is 0 Å². The molecule has 3 rings (SSSR count). The molecule has 0 aliphatic carbocycles. The van der Waals surface area contributed by atoms with Gasteiger partial charge in [-0.3, -0.25) is 4.79 Å². The Bertz CT molecular complexity index is 869. The zero-order valence-corrected chi connectivity index (χ0v) is 13.8. The number of phenolic OH excluding ortho intramolecular Hbond substituents is 1. The van der Waals surface area contributed by atoms with Gasteiger partial charge >= 0.3 is 0 Å². The van der Waals surface area contributed by atoms with E-state index in [1.807, 2.05) is 31.2 Å². The van der Waals surface area contributed by atoms with Crippen molar-refractivity contribution in [1.82, 2.24) is 0 Å². The quantitative estimate of drug-likeness (QED) is 0.880.